The molecule has 0 saturated heterocycles. The van der Waals surface area contributed by atoms with Crippen LogP contribution in [0, 0.1) is 28.4 Å². The van der Waals surface area contributed by atoms with E-state index in [-0.39, 0.29) is 22.8 Å². The molecule has 0 unspecified atom stereocenters. The molecule has 0 spiro atoms. The molecule has 1 heterocycles. The average Bonchev–Trinajstić information content (AvgIpc) is 3.09. The number of tetrazole rings is 1. The van der Waals surface area contributed by atoms with Gasteiger partial charge in [0.05, 0.1) is 24.8 Å². The van der Waals surface area contributed by atoms with Crippen molar-refractivity contribution in [2.45, 2.75) is 6.92 Å². The molecule has 2 aromatic rings. The van der Waals surface area contributed by atoms with Gasteiger partial charge in [0.25, 0.3) is 0 Å². The Morgan fingerprint density at radius 2 is 2.17 bits per heavy atom. The standard InChI is InChI=1S/C13H13N7O4/c1-7-11(23-2)9(4-10(20(21)22)12(7)24-3)15-6-8(5-14)13-16-18-19-17-13/h4,6,15H,1-3H3,(H,16,17,18,19). The van der Waals surface area contributed by atoms with Crippen LogP contribution in [0.15, 0.2) is 12.3 Å². The van der Waals surface area contributed by atoms with Crippen molar-refractivity contribution < 1.29 is 14.4 Å². The number of nitro benzene ring substituents is 1. The fourth-order valence-corrected chi connectivity index (χ4v) is 2.10. The second kappa shape index (κ2) is 7.05. The van der Waals surface area contributed by atoms with Crippen molar-refractivity contribution in [2.75, 3.05) is 19.5 Å². The zero-order valence-electron chi connectivity index (χ0n) is 13.0. The third kappa shape index (κ3) is 3.07. The maximum atomic E-state index is 11.2. The van der Waals surface area contributed by atoms with Gasteiger partial charge in [-0.05, 0) is 12.1 Å². The normalized spacial score (nSPS) is 10.8. The number of hydrogen-bond donors (Lipinski definition) is 2. The minimum absolute atomic E-state index is 0.0851. The second-order valence-corrected chi connectivity index (χ2v) is 4.44. The summed E-state index contributed by atoms with van der Waals surface area (Å²) in [6.07, 6.45) is 1.30. The molecule has 2 rings (SSSR count). The van der Waals surface area contributed by atoms with Gasteiger partial charge >= 0.3 is 5.69 Å². The van der Waals surface area contributed by atoms with Crippen LogP contribution in [0.5, 0.6) is 11.5 Å². The van der Waals surface area contributed by atoms with E-state index in [1.54, 1.807) is 6.92 Å². The van der Waals surface area contributed by atoms with Gasteiger partial charge < -0.3 is 14.8 Å². The Bertz CT molecular complexity index is 824. The van der Waals surface area contributed by atoms with Gasteiger partial charge in [-0.2, -0.15) is 10.5 Å². The number of aromatic nitrogens is 4. The number of H-pyrrole nitrogens is 1. The maximum absolute atomic E-state index is 11.2. The predicted octanol–water partition coefficient (Wildman–Crippen LogP) is 1.41. The number of anilines is 1. The lowest BCUT2D eigenvalue weighted by molar-refractivity contribution is -0.385. The molecular weight excluding hydrogens is 318 g/mol. The van der Waals surface area contributed by atoms with Crippen LogP contribution in [-0.2, 0) is 0 Å². The first kappa shape index (κ1) is 16.7. The number of allylic oxidation sites excluding steroid dienone is 1. The van der Waals surface area contributed by atoms with Gasteiger partial charge in [0.1, 0.15) is 17.4 Å². The molecule has 0 aliphatic carbocycles. The zero-order valence-corrected chi connectivity index (χ0v) is 13.0. The Balaban J connectivity index is 2.50. The minimum atomic E-state index is -0.565. The van der Waals surface area contributed by atoms with E-state index in [4.69, 9.17) is 14.7 Å². The number of ether oxygens (including phenoxy) is 2. The lowest BCUT2D eigenvalue weighted by Crippen LogP contribution is -2.02. The first-order valence-corrected chi connectivity index (χ1v) is 6.54. The smallest absolute Gasteiger partial charge is 0.313 e. The highest BCUT2D eigenvalue weighted by molar-refractivity contribution is 5.77. The number of methoxy groups -OCH3 is 2. The summed E-state index contributed by atoms with van der Waals surface area (Å²) in [6.45, 7) is 1.63. The quantitative estimate of drug-likeness (QED) is 0.454. The summed E-state index contributed by atoms with van der Waals surface area (Å²) in [7, 11) is 2.76. The van der Waals surface area contributed by atoms with E-state index >= 15 is 0 Å². The molecule has 11 nitrogen and oxygen atoms in total. The highest BCUT2D eigenvalue weighted by atomic mass is 16.6. The highest BCUT2D eigenvalue weighted by Crippen LogP contribution is 2.42. The van der Waals surface area contributed by atoms with Crippen molar-refractivity contribution in [3.05, 3.63) is 33.8 Å². The summed E-state index contributed by atoms with van der Waals surface area (Å²) >= 11 is 0. The number of benzene rings is 1. The molecule has 0 fully saturated rings. The number of nitro groups is 1. The number of nitriles is 1. The summed E-state index contributed by atoms with van der Waals surface area (Å²) in [5.74, 6) is 0.535. The van der Waals surface area contributed by atoms with Crippen molar-refractivity contribution in [1.29, 1.82) is 5.26 Å². The van der Waals surface area contributed by atoms with Crippen molar-refractivity contribution in [3.63, 3.8) is 0 Å². The Hall–Kier alpha value is -3.68. The summed E-state index contributed by atoms with van der Waals surface area (Å²) in [6, 6.07) is 3.16. The van der Waals surface area contributed by atoms with E-state index in [0.29, 0.717) is 17.0 Å². The van der Waals surface area contributed by atoms with Crippen LogP contribution in [-0.4, -0.2) is 39.8 Å². The molecule has 11 heteroatoms. The molecule has 2 N–H and O–H groups in total. The fraction of sp³-hybridized carbons (Fsp3) is 0.231. The van der Waals surface area contributed by atoms with Crippen LogP contribution in [0.3, 0.4) is 0 Å². The molecule has 0 saturated carbocycles. The number of aromatic amines is 1. The lowest BCUT2D eigenvalue weighted by atomic mass is 10.1. The summed E-state index contributed by atoms with van der Waals surface area (Å²) < 4.78 is 10.4. The summed E-state index contributed by atoms with van der Waals surface area (Å²) in [4.78, 5) is 10.7. The molecule has 1 aromatic heterocycles. The number of hydrogen-bond acceptors (Lipinski definition) is 9. The van der Waals surface area contributed by atoms with E-state index in [1.165, 1.54) is 26.5 Å². The molecule has 0 atom stereocenters. The molecule has 24 heavy (non-hydrogen) atoms. The van der Waals surface area contributed by atoms with Crippen LogP contribution in [0.25, 0.3) is 5.57 Å². The molecule has 0 bridgehead atoms. The molecule has 0 amide bonds. The first-order chi connectivity index (χ1) is 11.5. The molecule has 0 radical (unpaired) electrons. The Morgan fingerprint density at radius 1 is 1.46 bits per heavy atom. The SMILES string of the molecule is COc1c(NC=C(C#N)c2nn[nH]n2)cc([N+](=O)[O-])c(OC)c1C. The molecule has 1 aromatic carbocycles. The Kier molecular flexibility index (Phi) is 4.90. The van der Waals surface area contributed by atoms with Gasteiger partial charge in [0.15, 0.2) is 0 Å². The Morgan fingerprint density at radius 3 is 2.67 bits per heavy atom. The predicted molar refractivity (Wildman–Crippen MR) is 82.3 cm³/mol. The van der Waals surface area contributed by atoms with Gasteiger partial charge in [0.2, 0.25) is 11.6 Å². The zero-order chi connectivity index (χ0) is 17.7. The van der Waals surface area contributed by atoms with Crippen molar-refractivity contribution in [2.24, 2.45) is 0 Å². The largest absolute Gasteiger partial charge is 0.494 e. The van der Waals surface area contributed by atoms with Gasteiger partial charge in [-0.3, -0.25) is 10.1 Å². The van der Waals surface area contributed by atoms with Crippen molar-refractivity contribution >= 4 is 16.9 Å². The number of nitrogens with one attached hydrogen (secondary N) is 2. The van der Waals surface area contributed by atoms with Crippen LogP contribution in [0.4, 0.5) is 11.4 Å². The third-order valence-electron chi connectivity index (χ3n) is 3.12. The lowest BCUT2D eigenvalue weighted by Gasteiger charge is -2.14. The topological polar surface area (TPSA) is 152 Å². The van der Waals surface area contributed by atoms with Gasteiger partial charge in [0, 0.05) is 17.8 Å². The molecule has 0 aliphatic rings. The van der Waals surface area contributed by atoms with E-state index in [1.807, 2.05) is 6.07 Å². The van der Waals surface area contributed by atoms with E-state index < -0.39 is 4.92 Å². The van der Waals surface area contributed by atoms with Crippen LogP contribution in [0.2, 0.25) is 0 Å². The maximum Gasteiger partial charge on any atom is 0.313 e. The first-order valence-electron chi connectivity index (χ1n) is 6.54. The summed E-state index contributed by atoms with van der Waals surface area (Å²) in [5.41, 5.74) is 0.591. The third-order valence-corrected chi connectivity index (χ3v) is 3.12. The summed E-state index contributed by atoms with van der Waals surface area (Å²) in [5, 5.41) is 36.2. The number of nitrogens with zero attached hydrogens (tertiary/aromatic N) is 5. The van der Waals surface area contributed by atoms with E-state index in [0.717, 1.165) is 0 Å². The van der Waals surface area contributed by atoms with Gasteiger partial charge in [-0.1, -0.05) is 0 Å². The van der Waals surface area contributed by atoms with Crippen LogP contribution in [0.1, 0.15) is 11.4 Å². The van der Waals surface area contributed by atoms with E-state index in [9.17, 15) is 10.1 Å². The highest BCUT2D eigenvalue weighted by Gasteiger charge is 2.24. The van der Waals surface area contributed by atoms with Crippen LogP contribution >= 0.6 is 0 Å². The molecule has 0 aliphatic heterocycles. The second-order valence-electron chi connectivity index (χ2n) is 4.44. The number of rotatable bonds is 6. The Labute approximate surface area is 136 Å². The molecular formula is C13H13N7O4. The van der Waals surface area contributed by atoms with Crippen molar-refractivity contribution in [3.8, 4) is 17.6 Å². The average molecular weight is 331 g/mol. The van der Waals surface area contributed by atoms with Crippen LogP contribution < -0.4 is 14.8 Å². The monoisotopic (exact) mass is 331 g/mol. The van der Waals surface area contributed by atoms with Crippen molar-refractivity contribution in [1.82, 2.24) is 20.6 Å². The van der Waals surface area contributed by atoms with Gasteiger partial charge in [-0.15, -0.1) is 10.2 Å². The van der Waals surface area contributed by atoms with E-state index in [2.05, 4.69) is 25.9 Å². The molecule has 124 valence electrons. The fourth-order valence-electron chi connectivity index (χ4n) is 2.10. The minimum Gasteiger partial charge on any atom is -0.494 e. The van der Waals surface area contributed by atoms with Gasteiger partial charge in [-0.25, -0.2) is 0 Å².